The molecule has 1 aliphatic heterocycles. The Morgan fingerprint density at radius 2 is 1.95 bits per heavy atom. The Bertz CT molecular complexity index is 598. The van der Waals surface area contributed by atoms with Crippen LogP contribution in [0.5, 0.6) is 0 Å². The molecule has 1 aromatic rings. The molecular weight excluding hydrogens is 314 g/mol. The molecule has 1 aromatic carbocycles. The summed E-state index contributed by atoms with van der Waals surface area (Å²) in [6.07, 6.45) is 1.57. The first-order valence-corrected chi connectivity index (χ1v) is 7.96. The molecular formula is C13H20ClN3O3S. The van der Waals surface area contributed by atoms with E-state index in [1.807, 2.05) is 7.05 Å². The summed E-state index contributed by atoms with van der Waals surface area (Å²) in [7, 11) is -1.67. The topological polar surface area (TPSA) is 92.5 Å². The summed E-state index contributed by atoms with van der Waals surface area (Å²) >= 11 is 0. The molecule has 0 atom stereocenters. The van der Waals surface area contributed by atoms with Crippen LogP contribution in [0.15, 0.2) is 29.2 Å². The molecule has 118 valence electrons. The van der Waals surface area contributed by atoms with Crippen LogP contribution in [0, 0.1) is 0 Å². The smallest absolute Gasteiger partial charge is 0.248 e. The lowest BCUT2D eigenvalue weighted by molar-refractivity contribution is 0.1000. The molecule has 0 spiro atoms. The fraction of sp³-hybridized carbons (Fsp3) is 0.462. The van der Waals surface area contributed by atoms with E-state index in [0.29, 0.717) is 19.1 Å². The summed E-state index contributed by atoms with van der Waals surface area (Å²) in [4.78, 5) is 11.3. The number of nitrogens with one attached hydrogen (secondary N) is 1. The standard InChI is InChI=1S/C13H19N3O3S.ClH/c1-15-11-5-7-16(8-6-11)20(18,19)12-4-2-3-10(9-12)13(14)17;/h2-4,9,11,15H,5-8H2,1H3,(H2,14,17);1H. The van der Waals surface area contributed by atoms with Crippen LogP contribution in [0.3, 0.4) is 0 Å². The Morgan fingerprint density at radius 3 is 2.48 bits per heavy atom. The highest BCUT2D eigenvalue weighted by Gasteiger charge is 2.29. The van der Waals surface area contributed by atoms with Gasteiger partial charge >= 0.3 is 0 Å². The van der Waals surface area contributed by atoms with Gasteiger partial charge in [0.25, 0.3) is 0 Å². The van der Waals surface area contributed by atoms with Gasteiger partial charge in [-0.25, -0.2) is 8.42 Å². The van der Waals surface area contributed by atoms with Gasteiger partial charge in [0.05, 0.1) is 4.90 Å². The molecule has 6 nitrogen and oxygen atoms in total. The minimum absolute atomic E-state index is 0. The van der Waals surface area contributed by atoms with Crippen LogP contribution in [0.2, 0.25) is 0 Å². The summed E-state index contributed by atoms with van der Waals surface area (Å²) in [5, 5.41) is 3.16. The first-order chi connectivity index (χ1) is 9.45. The zero-order chi connectivity index (χ0) is 14.8. The third kappa shape index (κ3) is 3.94. The van der Waals surface area contributed by atoms with Crippen LogP contribution in [-0.4, -0.2) is 44.8 Å². The molecule has 0 bridgehead atoms. The highest BCUT2D eigenvalue weighted by atomic mass is 35.5. The van der Waals surface area contributed by atoms with E-state index in [0.717, 1.165) is 12.8 Å². The van der Waals surface area contributed by atoms with E-state index >= 15 is 0 Å². The van der Waals surface area contributed by atoms with E-state index in [-0.39, 0.29) is 22.9 Å². The first-order valence-electron chi connectivity index (χ1n) is 6.52. The predicted molar refractivity (Wildman–Crippen MR) is 83.0 cm³/mol. The van der Waals surface area contributed by atoms with Gasteiger partial charge in [0.1, 0.15) is 0 Å². The van der Waals surface area contributed by atoms with Crippen molar-refractivity contribution in [3.8, 4) is 0 Å². The summed E-state index contributed by atoms with van der Waals surface area (Å²) in [6, 6.07) is 6.23. The number of halogens is 1. The molecule has 1 saturated heterocycles. The quantitative estimate of drug-likeness (QED) is 0.843. The Morgan fingerprint density at radius 1 is 1.33 bits per heavy atom. The van der Waals surface area contributed by atoms with Gasteiger partial charge in [-0.2, -0.15) is 4.31 Å². The van der Waals surface area contributed by atoms with Gasteiger partial charge in [0, 0.05) is 24.7 Å². The number of rotatable bonds is 4. The molecule has 0 aromatic heterocycles. The fourth-order valence-electron chi connectivity index (χ4n) is 2.34. The average Bonchev–Trinajstić information content (AvgIpc) is 2.47. The lowest BCUT2D eigenvalue weighted by atomic mass is 10.1. The zero-order valence-electron chi connectivity index (χ0n) is 11.8. The van der Waals surface area contributed by atoms with Crippen LogP contribution >= 0.6 is 12.4 Å². The Kier molecular flexibility index (Phi) is 6.15. The first kappa shape index (κ1) is 17.9. The summed E-state index contributed by atoms with van der Waals surface area (Å²) < 4.78 is 26.5. The van der Waals surface area contributed by atoms with E-state index < -0.39 is 15.9 Å². The molecule has 21 heavy (non-hydrogen) atoms. The minimum Gasteiger partial charge on any atom is -0.366 e. The largest absolute Gasteiger partial charge is 0.366 e. The van der Waals surface area contributed by atoms with E-state index in [2.05, 4.69) is 5.32 Å². The number of hydrogen-bond acceptors (Lipinski definition) is 4. The van der Waals surface area contributed by atoms with Gasteiger partial charge in [0.2, 0.25) is 15.9 Å². The number of carbonyl (C=O) groups excluding carboxylic acids is 1. The number of nitrogens with zero attached hydrogens (tertiary/aromatic N) is 1. The molecule has 1 heterocycles. The molecule has 1 fully saturated rings. The van der Waals surface area contributed by atoms with Crippen molar-refractivity contribution in [1.82, 2.24) is 9.62 Å². The third-order valence-electron chi connectivity index (χ3n) is 3.62. The van der Waals surface area contributed by atoms with Crippen molar-refractivity contribution in [2.45, 2.75) is 23.8 Å². The number of hydrogen-bond donors (Lipinski definition) is 2. The van der Waals surface area contributed by atoms with E-state index in [1.54, 1.807) is 0 Å². The van der Waals surface area contributed by atoms with Crippen LogP contribution in [0.25, 0.3) is 0 Å². The van der Waals surface area contributed by atoms with Gasteiger partial charge in [0.15, 0.2) is 0 Å². The molecule has 0 aliphatic carbocycles. The van der Waals surface area contributed by atoms with E-state index in [4.69, 9.17) is 5.73 Å². The van der Waals surface area contributed by atoms with E-state index in [9.17, 15) is 13.2 Å². The lowest BCUT2D eigenvalue weighted by Gasteiger charge is -2.31. The van der Waals surface area contributed by atoms with Gasteiger partial charge in [-0.3, -0.25) is 4.79 Å². The van der Waals surface area contributed by atoms with Gasteiger partial charge in [-0.15, -0.1) is 12.4 Å². The van der Waals surface area contributed by atoms with Crippen LogP contribution < -0.4 is 11.1 Å². The van der Waals surface area contributed by atoms with Crippen molar-refractivity contribution in [2.75, 3.05) is 20.1 Å². The molecule has 1 aliphatic rings. The predicted octanol–water partition coefficient (Wildman–Crippen LogP) is 0.580. The van der Waals surface area contributed by atoms with Crippen LogP contribution in [0.4, 0.5) is 0 Å². The zero-order valence-corrected chi connectivity index (χ0v) is 13.4. The second-order valence-electron chi connectivity index (χ2n) is 4.86. The third-order valence-corrected chi connectivity index (χ3v) is 5.51. The van der Waals surface area contributed by atoms with Crippen molar-refractivity contribution in [2.24, 2.45) is 5.73 Å². The van der Waals surface area contributed by atoms with Crippen molar-refractivity contribution < 1.29 is 13.2 Å². The lowest BCUT2D eigenvalue weighted by Crippen LogP contribution is -2.43. The minimum atomic E-state index is -3.55. The number of carbonyl (C=O) groups is 1. The maximum Gasteiger partial charge on any atom is 0.248 e. The molecule has 3 N–H and O–H groups in total. The molecule has 0 unspecified atom stereocenters. The Balaban J connectivity index is 0.00000220. The molecule has 2 rings (SSSR count). The van der Waals surface area contributed by atoms with Gasteiger partial charge in [-0.1, -0.05) is 6.07 Å². The second-order valence-corrected chi connectivity index (χ2v) is 6.80. The Labute approximate surface area is 131 Å². The molecule has 0 saturated carbocycles. The van der Waals surface area contributed by atoms with Crippen LogP contribution in [-0.2, 0) is 10.0 Å². The van der Waals surface area contributed by atoms with Crippen LogP contribution in [0.1, 0.15) is 23.2 Å². The number of piperidine rings is 1. The monoisotopic (exact) mass is 333 g/mol. The summed E-state index contributed by atoms with van der Waals surface area (Å²) in [6.45, 7) is 0.962. The van der Waals surface area contributed by atoms with E-state index in [1.165, 1.54) is 28.6 Å². The highest BCUT2D eigenvalue weighted by Crippen LogP contribution is 2.21. The molecule has 1 amide bonds. The van der Waals surface area contributed by atoms with Crippen molar-refractivity contribution in [3.63, 3.8) is 0 Å². The number of nitrogens with two attached hydrogens (primary N) is 1. The molecule has 8 heteroatoms. The normalized spacial score (nSPS) is 17.2. The fourth-order valence-corrected chi connectivity index (χ4v) is 3.86. The number of primary amides is 1. The molecule has 0 radical (unpaired) electrons. The number of sulfonamides is 1. The SMILES string of the molecule is CNC1CCN(S(=O)(=O)c2cccc(C(N)=O)c2)CC1.Cl. The highest BCUT2D eigenvalue weighted by molar-refractivity contribution is 7.89. The van der Waals surface area contributed by atoms with Gasteiger partial charge in [-0.05, 0) is 38.1 Å². The number of benzene rings is 1. The summed E-state index contributed by atoms with van der Waals surface area (Å²) in [5.41, 5.74) is 5.39. The maximum absolute atomic E-state index is 12.5. The average molecular weight is 334 g/mol. The second kappa shape index (κ2) is 7.22. The van der Waals surface area contributed by atoms with Crippen molar-refractivity contribution >= 4 is 28.3 Å². The Hall–Kier alpha value is -1.15. The van der Waals surface area contributed by atoms with Gasteiger partial charge < -0.3 is 11.1 Å². The number of amides is 1. The summed E-state index contributed by atoms with van der Waals surface area (Å²) in [5.74, 6) is -0.629. The van der Waals surface area contributed by atoms with Crippen molar-refractivity contribution in [3.05, 3.63) is 29.8 Å². The maximum atomic E-state index is 12.5. The van der Waals surface area contributed by atoms with Crippen molar-refractivity contribution in [1.29, 1.82) is 0 Å².